The first-order valence-electron chi connectivity index (χ1n) is 6.30. The minimum absolute atomic E-state index is 0.394. The fraction of sp³-hybridized carbons (Fsp3) is 0.286. The lowest BCUT2D eigenvalue weighted by molar-refractivity contribution is 0.0993. The summed E-state index contributed by atoms with van der Waals surface area (Å²) in [6.45, 7) is 2.48. The molecule has 0 bridgehead atoms. The van der Waals surface area contributed by atoms with Gasteiger partial charge in [-0.25, -0.2) is 4.98 Å². The average Bonchev–Trinajstić information content (AvgIpc) is 2.78. The van der Waals surface area contributed by atoms with Crippen LogP contribution in [0.15, 0.2) is 30.3 Å². The van der Waals surface area contributed by atoms with Crippen molar-refractivity contribution in [1.29, 1.82) is 0 Å². The number of likely N-dealkylation sites (N-methyl/N-ethyl adjacent to an activating group) is 1. The van der Waals surface area contributed by atoms with Crippen molar-refractivity contribution < 1.29 is 4.79 Å². The number of amides is 1. The standard InChI is InChI=1S/C14H16N4O/c1-17-7-8-18-11(9-17)12(13(15)19)16-14(18)10-5-3-2-4-6-10/h2-6H,7-9H2,1H3,(H2,15,19). The summed E-state index contributed by atoms with van der Waals surface area (Å²) < 4.78 is 2.11. The fourth-order valence-electron chi connectivity index (χ4n) is 2.50. The number of benzene rings is 1. The molecule has 0 saturated carbocycles. The molecule has 0 saturated heterocycles. The normalized spacial score (nSPS) is 15.2. The van der Waals surface area contributed by atoms with Crippen LogP contribution in [0.4, 0.5) is 0 Å². The third-order valence-electron chi connectivity index (χ3n) is 3.46. The first-order valence-corrected chi connectivity index (χ1v) is 6.30. The summed E-state index contributed by atoms with van der Waals surface area (Å²) in [6, 6.07) is 9.90. The van der Waals surface area contributed by atoms with Gasteiger partial charge in [-0.1, -0.05) is 30.3 Å². The molecule has 1 aliphatic heterocycles. The van der Waals surface area contributed by atoms with E-state index in [0.29, 0.717) is 12.2 Å². The summed E-state index contributed by atoms with van der Waals surface area (Å²) >= 11 is 0. The maximum atomic E-state index is 11.6. The zero-order valence-electron chi connectivity index (χ0n) is 10.8. The number of imidazole rings is 1. The minimum Gasteiger partial charge on any atom is -0.364 e. The van der Waals surface area contributed by atoms with Crippen molar-refractivity contribution in [2.45, 2.75) is 13.1 Å². The lowest BCUT2D eigenvalue weighted by Crippen LogP contribution is -2.31. The molecule has 98 valence electrons. The Morgan fingerprint density at radius 1 is 1.26 bits per heavy atom. The number of rotatable bonds is 2. The zero-order chi connectivity index (χ0) is 13.4. The molecular weight excluding hydrogens is 240 g/mol. The van der Waals surface area contributed by atoms with Crippen LogP contribution in [0.2, 0.25) is 0 Å². The first-order chi connectivity index (χ1) is 9.16. The molecule has 1 aliphatic rings. The van der Waals surface area contributed by atoms with E-state index in [0.717, 1.165) is 30.2 Å². The number of nitrogens with zero attached hydrogens (tertiary/aromatic N) is 3. The number of carbonyl (C=O) groups excluding carboxylic acids is 1. The quantitative estimate of drug-likeness (QED) is 0.875. The number of nitrogens with two attached hydrogens (primary N) is 1. The molecule has 0 radical (unpaired) electrons. The van der Waals surface area contributed by atoms with Gasteiger partial charge in [0.15, 0.2) is 5.69 Å². The van der Waals surface area contributed by atoms with Crippen molar-refractivity contribution >= 4 is 5.91 Å². The summed E-state index contributed by atoms with van der Waals surface area (Å²) in [5, 5.41) is 0. The number of primary amides is 1. The van der Waals surface area contributed by atoms with Crippen molar-refractivity contribution in [3.63, 3.8) is 0 Å². The van der Waals surface area contributed by atoms with E-state index in [-0.39, 0.29) is 0 Å². The lowest BCUT2D eigenvalue weighted by Gasteiger charge is -2.25. The number of hydrogen-bond acceptors (Lipinski definition) is 3. The highest BCUT2D eigenvalue weighted by molar-refractivity contribution is 5.93. The fourth-order valence-corrected chi connectivity index (χ4v) is 2.50. The van der Waals surface area contributed by atoms with E-state index in [1.54, 1.807) is 0 Å². The van der Waals surface area contributed by atoms with Gasteiger partial charge in [0.2, 0.25) is 0 Å². The van der Waals surface area contributed by atoms with Crippen LogP contribution in [0.3, 0.4) is 0 Å². The van der Waals surface area contributed by atoms with E-state index in [4.69, 9.17) is 5.73 Å². The zero-order valence-corrected chi connectivity index (χ0v) is 10.8. The van der Waals surface area contributed by atoms with Gasteiger partial charge >= 0.3 is 0 Å². The molecule has 3 rings (SSSR count). The molecule has 19 heavy (non-hydrogen) atoms. The largest absolute Gasteiger partial charge is 0.364 e. The second-order valence-corrected chi connectivity index (χ2v) is 4.85. The lowest BCUT2D eigenvalue weighted by atomic mass is 10.2. The Morgan fingerprint density at radius 2 is 2.00 bits per heavy atom. The van der Waals surface area contributed by atoms with E-state index in [1.807, 2.05) is 37.4 Å². The Kier molecular flexibility index (Phi) is 2.83. The van der Waals surface area contributed by atoms with Crippen molar-refractivity contribution in [2.75, 3.05) is 13.6 Å². The predicted octanol–water partition coefficient (Wildman–Crippen LogP) is 1.09. The number of fused-ring (bicyclic) bond motifs is 1. The number of carbonyl (C=O) groups is 1. The molecule has 0 aliphatic carbocycles. The van der Waals surface area contributed by atoms with Gasteiger partial charge in [0.05, 0.1) is 5.69 Å². The van der Waals surface area contributed by atoms with Crippen molar-refractivity contribution in [2.24, 2.45) is 5.73 Å². The molecule has 1 amide bonds. The monoisotopic (exact) mass is 256 g/mol. The third-order valence-corrected chi connectivity index (χ3v) is 3.46. The van der Waals surface area contributed by atoms with Crippen LogP contribution in [0, 0.1) is 0 Å². The molecule has 0 unspecified atom stereocenters. The predicted molar refractivity (Wildman–Crippen MR) is 72.5 cm³/mol. The maximum absolute atomic E-state index is 11.6. The van der Waals surface area contributed by atoms with Gasteiger partial charge in [-0.3, -0.25) is 9.69 Å². The van der Waals surface area contributed by atoms with E-state index in [2.05, 4.69) is 14.5 Å². The van der Waals surface area contributed by atoms with Crippen molar-refractivity contribution in [1.82, 2.24) is 14.5 Å². The second-order valence-electron chi connectivity index (χ2n) is 4.85. The smallest absolute Gasteiger partial charge is 0.269 e. The van der Waals surface area contributed by atoms with Gasteiger partial charge < -0.3 is 10.3 Å². The van der Waals surface area contributed by atoms with E-state index in [1.165, 1.54) is 0 Å². The van der Waals surface area contributed by atoms with Crippen LogP contribution in [-0.4, -0.2) is 34.0 Å². The summed E-state index contributed by atoms with van der Waals surface area (Å²) in [5.74, 6) is 0.374. The van der Waals surface area contributed by atoms with Crippen molar-refractivity contribution in [3.05, 3.63) is 41.7 Å². The minimum atomic E-state index is -0.457. The second kappa shape index (κ2) is 4.51. The average molecular weight is 256 g/mol. The Labute approximate surface area is 111 Å². The Hall–Kier alpha value is -2.14. The molecule has 0 fully saturated rings. The van der Waals surface area contributed by atoms with Gasteiger partial charge in [0.1, 0.15) is 5.82 Å². The molecule has 5 nitrogen and oxygen atoms in total. The van der Waals surface area contributed by atoms with Gasteiger partial charge in [0.25, 0.3) is 5.91 Å². The van der Waals surface area contributed by atoms with Crippen LogP contribution in [0.1, 0.15) is 16.2 Å². The molecule has 1 aromatic carbocycles. The molecule has 2 aromatic rings. The van der Waals surface area contributed by atoms with E-state index in [9.17, 15) is 4.79 Å². The van der Waals surface area contributed by atoms with E-state index >= 15 is 0 Å². The summed E-state index contributed by atoms with van der Waals surface area (Å²) in [7, 11) is 2.03. The summed E-state index contributed by atoms with van der Waals surface area (Å²) in [5.41, 5.74) is 7.77. The molecule has 0 spiro atoms. The maximum Gasteiger partial charge on any atom is 0.269 e. The topological polar surface area (TPSA) is 64.2 Å². The molecular formula is C14H16N4O. The summed E-state index contributed by atoms with van der Waals surface area (Å²) in [4.78, 5) is 18.2. The highest BCUT2D eigenvalue weighted by Crippen LogP contribution is 2.25. The van der Waals surface area contributed by atoms with Crippen molar-refractivity contribution in [3.8, 4) is 11.4 Å². The Morgan fingerprint density at radius 3 is 2.68 bits per heavy atom. The van der Waals surface area contributed by atoms with Crippen LogP contribution in [0.5, 0.6) is 0 Å². The van der Waals surface area contributed by atoms with Gasteiger partial charge in [-0.2, -0.15) is 0 Å². The van der Waals surface area contributed by atoms with E-state index < -0.39 is 5.91 Å². The molecule has 2 N–H and O–H groups in total. The summed E-state index contributed by atoms with van der Waals surface area (Å²) in [6.07, 6.45) is 0. The molecule has 1 aromatic heterocycles. The van der Waals surface area contributed by atoms with Gasteiger partial charge in [0, 0.05) is 25.2 Å². The molecule has 0 atom stereocenters. The first kappa shape index (κ1) is 11.9. The van der Waals surface area contributed by atoms with Crippen LogP contribution < -0.4 is 5.73 Å². The van der Waals surface area contributed by atoms with Crippen LogP contribution >= 0.6 is 0 Å². The van der Waals surface area contributed by atoms with Gasteiger partial charge in [-0.05, 0) is 7.05 Å². The van der Waals surface area contributed by atoms with Crippen LogP contribution in [-0.2, 0) is 13.1 Å². The van der Waals surface area contributed by atoms with Gasteiger partial charge in [-0.15, -0.1) is 0 Å². The van der Waals surface area contributed by atoms with Crippen LogP contribution in [0.25, 0.3) is 11.4 Å². The Bertz CT molecular complexity index is 618. The third kappa shape index (κ3) is 2.02. The number of hydrogen-bond donors (Lipinski definition) is 1. The number of aromatic nitrogens is 2. The highest BCUT2D eigenvalue weighted by atomic mass is 16.1. The molecule has 5 heteroatoms. The Balaban J connectivity index is 2.17. The molecule has 2 heterocycles. The SMILES string of the molecule is CN1CCn2c(-c3ccccc3)nc(C(N)=O)c2C1. The highest BCUT2D eigenvalue weighted by Gasteiger charge is 2.25.